The molecule has 38 heavy (non-hydrogen) atoms. The summed E-state index contributed by atoms with van der Waals surface area (Å²) in [5.74, 6) is 0.667. The number of urea groups is 1. The van der Waals surface area contributed by atoms with E-state index in [4.69, 9.17) is 0 Å². The van der Waals surface area contributed by atoms with Crippen LogP contribution in [0.1, 0.15) is 44.1 Å². The molecule has 1 aromatic carbocycles. The average Bonchev–Trinajstić information content (AvgIpc) is 3.42. The molecule has 5 heterocycles. The first-order valence-electron chi connectivity index (χ1n) is 14.4. The van der Waals surface area contributed by atoms with Gasteiger partial charge < -0.3 is 24.7 Å². The molecule has 0 unspecified atom stereocenters. The lowest BCUT2D eigenvalue weighted by Crippen LogP contribution is -2.54. The molecule has 8 heteroatoms. The second-order valence-electron chi connectivity index (χ2n) is 11.1. The SMILES string of the molecule is CCN1CCC(c2ccc(-c3cc4c(N5CCN(C(=O)N6CCC(O)CC6)CC5)ccnn4c3)cc2)CC1. The van der Waals surface area contributed by atoms with E-state index in [1.165, 1.54) is 48.3 Å². The molecule has 3 aromatic rings. The van der Waals surface area contributed by atoms with Gasteiger partial charge in [0, 0.05) is 57.2 Å². The van der Waals surface area contributed by atoms with E-state index in [1.807, 2.05) is 20.5 Å². The predicted octanol–water partition coefficient (Wildman–Crippen LogP) is 3.90. The van der Waals surface area contributed by atoms with Crippen molar-refractivity contribution < 1.29 is 9.90 Å². The van der Waals surface area contributed by atoms with Crippen LogP contribution in [0.2, 0.25) is 0 Å². The Kier molecular flexibility index (Phi) is 7.26. The van der Waals surface area contributed by atoms with E-state index in [1.54, 1.807) is 0 Å². The molecule has 3 fully saturated rings. The van der Waals surface area contributed by atoms with Crippen LogP contribution in [0.3, 0.4) is 0 Å². The highest BCUT2D eigenvalue weighted by Crippen LogP contribution is 2.32. The summed E-state index contributed by atoms with van der Waals surface area (Å²) in [5, 5.41) is 14.3. The van der Waals surface area contributed by atoms with Crippen molar-refractivity contribution in [1.29, 1.82) is 0 Å². The lowest BCUT2D eigenvalue weighted by Gasteiger charge is -2.40. The maximum atomic E-state index is 13.0. The first-order chi connectivity index (χ1) is 18.6. The van der Waals surface area contributed by atoms with Gasteiger partial charge in [-0.3, -0.25) is 0 Å². The number of nitrogens with zero attached hydrogens (tertiary/aromatic N) is 6. The molecule has 1 N–H and O–H groups in total. The highest BCUT2D eigenvalue weighted by atomic mass is 16.3. The Morgan fingerprint density at radius 1 is 0.868 bits per heavy atom. The quantitative estimate of drug-likeness (QED) is 0.570. The maximum absolute atomic E-state index is 13.0. The highest BCUT2D eigenvalue weighted by Gasteiger charge is 2.28. The number of aromatic nitrogens is 2. The van der Waals surface area contributed by atoms with E-state index in [9.17, 15) is 9.90 Å². The molecular weight excluding hydrogens is 476 g/mol. The van der Waals surface area contributed by atoms with Gasteiger partial charge in [0.2, 0.25) is 0 Å². The molecule has 3 aliphatic rings. The Bertz CT molecular complexity index is 1230. The van der Waals surface area contributed by atoms with Gasteiger partial charge in [-0.25, -0.2) is 9.31 Å². The number of aliphatic hydroxyl groups excluding tert-OH is 1. The van der Waals surface area contributed by atoms with Crippen molar-refractivity contribution in [1.82, 2.24) is 24.3 Å². The second-order valence-corrected chi connectivity index (χ2v) is 11.1. The molecule has 0 atom stereocenters. The zero-order valence-corrected chi connectivity index (χ0v) is 22.5. The number of carbonyl (C=O) groups excluding carboxylic acids is 1. The van der Waals surface area contributed by atoms with Crippen LogP contribution in [0.15, 0.2) is 48.8 Å². The van der Waals surface area contributed by atoms with E-state index in [0.717, 1.165) is 25.2 Å². The van der Waals surface area contributed by atoms with Crippen LogP contribution in [0.25, 0.3) is 16.6 Å². The molecule has 2 aromatic heterocycles. The summed E-state index contributed by atoms with van der Waals surface area (Å²) in [4.78, 5) is 21.7. The van der Waals surface area contributed by atoms with Crippen LogP contribution < -0.4 is 4.90 Å². The molecule has 8 nitrogen and oxygen atoms in total. The average molecular weight is 517 g/mol. The second kappa shape index (κ2) is 10.9. The van der Waals surface area contributed by atoms with Crippen molar-refractivity contribution in [2.75, 3.05) is 63.8 Å². The standard InChI is InChI=1S/C30H40N6O2/c1-2-32-13-8-25(9-14-32)23-3-5-24(6-4-23)26-21-29-28(7-12-31-36(29)22-26)33-17-19-35(20-18-33)30(38)34-15-10-27(37)11-16-34/h3-7,12,21-22,25,27,37H,2,8-11,13-20H2,1H3. The van der Waals surface area contributed by atoms with Crippen LogP contribution in [0, 0.1) is 0 Å². The van der Waals surface area contributed by atoms with E-state index in [2.05, 4.69) is 64.4 Å². The number of aliphatic hydroxyl groups is 1. The van der Waals surface area contributed by atoms with Crippen LogP contribution in [0.4, 0.5) is 10.5 Å². The molecule has 0 saturated carbocycles. The normalized spacial score (nSPS) is 20.4. The van der Waals surface area contributed by atoms with Crippen molar-refractivity contribution in [3.05, 3.63) is 54.4 Å². The zero-order valence-electron chi connectivity index (χ0n) is 22.5. The Morgan fingerprint density at radius 2 is 1.55 bits per heavy atom. The highest BCUT2D eigenvalue weighted by molar-refractivity contribution is 5.80. The fourth-order valence-corrected chi connectivity index (χ4v) is 6.35. The fraction of sp³-hybridized carbons (Fsp3) is 0.533. The first kappa shape index (κ1) is 25.2. The topological polar surface area (TPSA) is 67.6 Å². The zero-order chi connectivity index (χ0) is 26.1. The van der Waals surface area contributed by atoms with Crippen LogP contribution >= 0.6 is 0 Å². The largest absolute Gasteiger partial charge is 0.393 e. The lowest BCUT2D eigenvalue weighted by atomic mass is 9.88. The number of benzene rings is 1. The van der Waals surface area contributed by atoms with E-state index >= 15 is 0 Å². The molecule has 3 saturated heterocycles. The summed E-state index contributed by atoms with van der Waals surface area (Å²) in [5.41, 5.74) is 6.12. The van der Waals surface area contributed by atoms with Crippen LogP contribution in [-0.2, 0) is 0 Å². The third kappa shape index (κ3) is 5.12. The van der Waals surface area contributed by atoms with E-state index in [0.29, 0.717) is 44.9 Å². The maximum Gasteiger partial charge on any atom is 0.320 e. The Labute approximate surface area is 225 Å². The molecule has 0 aliphatic carbocycles. The summed E-state index contributed by atoms with van der Waals surface area (Å²) >= 11 is 0. The number of amides is 2. The van der Waals surface area contributed by atoms with E-state index in [-0.39, 0.29) is 12.1 Å². The number of hydrogen-bond acceptors (Lipinski definition) is 5. The third-order valence-corrected chi connectivity index (χ3v) is 8.86. The summed E-state index contributed by atoms with van der Waals surface area (Å²) in [6.45, 7) is 10.1. The number of carbonyl (C=O) groups is 1. The van der Waals surface area contributed by atoms with Crippen LogP contribution in [-0.4, -0.2) is 100 Å². The molecule has 2 amide bonds. The number of anilines is 1. The van der Waals surface area contributed by atoms with Gasteiger partial charge in [0.25, 0.3) is 0 Å². The number of hydrogen-bond donors (Lipinski definition) is 1. The summed E-state index contributed by atoms with van der Waals surface area (Å²) < 4.78 is 1.98. The Balaban J connectivity index is 1.12. The Morgan fingerprint density at radius 3 is 2.24 bits per heavy atom. The van der Waals surface area contributed by atoms with Crippen molar-refractivity contribution in [2.45, 2.75) is 44.6 Å². The van der Waals surface area contributed by atoms with Gasteiger partial charge in [0.15, 0.2) is 0 Å². The molecule has 6 rings (SSSR count). The van der Waals surface area contributed by atoms with Crippen molar-refractivity contribution in [3.63, 3.8) is 0 Å². The van der Waals surface area contributed by atoms with Gasteiger partial charge in [-0.2, -0.15) is 5.10 Å². The van der Waals surface area contributed by atoms with Gasteiger partial charge in [-0.15, -0.1) is 0 Å². The number of rotatable bonds is 4. The number of likely N-dealkylation sites (tertiary alicyclic amines) is 2. The fourth-order valence-electron chi connectivity index (χ4n) is 6.35. The van der Waals surface area contributed by atoms with Crippen molar-refractivity contribution in [3.8, 4) is 11.1 Å². The van der Waals surface area contributed by atoms with Gasteiger partial charge in [-0.1, -0.05) is 31.2 Å². The lowest BCUT2D eigenvalue weighted by molar-refractivity contribution is 0.0805. The molecule has 0 bridgehead atoms. The van der Waals surface area contributed by atoms with Gasteiger partial charge >= 0.3 is 6.03 Å². The number of fused-ring (bicyclic) bond motifs is 1. The number of piperidine rings is 2. The minimum atomic E-state index is -0.265. The summed E-state index contributed by atoms with van der Waals surface area (Å²) in [7, 11) is 0. The number of piperazine rings is 1. The van der Waals surface area contributed by atoms with Crippen molar-refractivity contribution >= 4 is 17.2 Å². The third-order valence-electron chi connectivity index (χ3n) is 8.86. The molecule has 0 spiro atoms. The Hall–Kier alpha value is -3.10. The molecule has 202 valence electrons. The minimum Gasteiger partial charge on any atom is -0.393 e. The van der Waals surface area contributed by atoms with Gasteiger partial charge in [0.05, 0.1) is 17.3 Å². The molecule has 0 radical (unpaired) electrons. The predicted molar refractivity (Wildman–Crippen MR) is 151 cm³/mol. The monoisotopic (exact) mass is 516 g/mol. The minimum absolute atomic E-state index is 0.112. The molecular formula is C30H40N6O2. The molecule has 3 aliphatic heterocycles. The van der Waals surface area contributed by atoms with E-state index < -0.39 is 0 Å². The summed E-state index contributed by atoms with van der Waals surface area (Å²) in [6.07, 6.45) is 7.58. The van der Waals surface area contributed by atoms with Crippen LogP contribution in [0.5, 0.6) is 0 Å². The summed E-state index contributed by atoms with van der Waals surface area (Å²) in [6, 6.07) is 13.6. The van der Waals surface area contributed by atoms with Crippen molar-refractivity contribution in [2.24, 2.45) is 0 Å². The smallest absolute Gasteiger partial charge is 0.320 e. The van der Waals surface area contributed by atoms with Gasteiger partial charge in [0.1, 0.15) is 0 Å². The first-order valence-corrected chi connectivity index (χ1v) is 14.4. The van der Waals surface area contributed by atoms with Gasteiger partial charge in [-0.05, 0) is 74.5 Å².